The van der Waals surface area contributed by atoms with Crippen molar-refractivity contribution in [2.75, 3.05) is 25.0 Å². The lowest BCUT2D eigenvalue weighted by Crippen LogP contribution is -2.42. The second kappa shape index (κ2) is 6.96. The first-order valence-corrected chi connectivity index (χ1v) is 8.35. The third-order valence-corrected chi connectivity index (χ3v) is 4.15. The Morgan fingerprint density at radius 3 is 3.00 bits per heavy atom. The highest BCUT2D eigenvalue weighted by Gasteiger charge is 2.27. The fourth-order valence-corrected chi connectivity index (χ4v) is 2.87. The van der Waals surface area contributed by atoms with Gasteiger partial charge in [-0.2, -0.15) is 10.2 Å². The van der Waals surface area contributed by atoms with E-state index in [4.69, 9.17) is 4.74 Å². The summed E-state index contributed by atoms with van der Waals surface area (Å²) in [4.78, 5) is 18.9. The summed E-state index contributed by atoms with van der Waals surface area (Å²) in [7, 11) is 0. The number of hydrogen-bond acceptors (Lipinski definition) is 6. The molecule has 0 aromatic carbocycles. The van der Waals surface area contributed by atoms with E-state index >= 15 is 0 Å². The molecule has 0 saturated carbocycles. The predicted molar refractivity (Wildman–Crippen MR) is 94.0 cm³/mol. The quantitative estimate of drug-likeness (QED) is 0.659. The summed E-state index contributed by atoms with van der Waals surface area (Å²) in [5, 5.41) is 16.7. The Hall–Kier alpha value is -3.20. The molecule has 3 aromatic heterocycles. The number of nitrogens with one attached hydrogen (secondary N) is 3. The Bertz CT molecular complexity index is 890. The molecule has 0 aliphatic carbocycles. The van der Waals surface area contributed by atoms with Crippen molar-refractivity contribution in [3.8, 4) is 0 Å². The van der Waals surface area contributed by atoms with Gasteiger partial charge in [-0.1, -0.05) is 6.07 Å². The van der Waals surface area contributed by atoms with Crippen LogP contribution in [-0.4, -0.2) is 55.9 Å². The lowest BCUT2D eigenvalue weighted by atomic mass is 10.1. The summed E-state index contributed by atoms with van der Waals surface area (Å²) >= 11 is 0. The summed E-state index contributed by atoms with van der Waals surface area (Å²) < 4.78 is 5.84. The molecule has 0 spiro atoms. The largest absolute Gasteiger partial charge is 0.368 e. The number of aromatic nitrogens is 5. The van der Waals surface area contributed by atoms with Gasteiger partial charge in [0.15, 0.2) is 5.82 Å². The normalized spacial score (nSPS) is 17.3. The van der Waals surface area contributed by atoms with Crippen molar-refractivity contribution < 1.29 is 9.53 Å². The highest BCUT2D eigenvalue weighted by atomic mass is 16.5. The molecule has 9 nitrogen and oxygen atoms in total. The topological polar surface area (TPSA) is 112 Å². The van der Waals surface area contributed by atoms with Gasteiger partial charge in [0.05, 0.1) is 18.8 Å². The molecule has 3 N–H and O–H groups in total. The van der Waals surface area contributed by atoms with Gasteiger partial charge >= 0.3 is 0 Å². The average Bonchev–Trinajstić information content (AvgIpc) is 3.33. The molecule has 0 unspecified atom stereocenters. The minimum absolute atomic E-state index is 0.0860. The Balaban J connectivity index is 1.48. The zero-order valence-electron chi connectivity index (χ0n) is 14.3. The number of H-pyrrole nitrogens is 2. The minimum Gasteiger partial charge on any atom is -0.368 e. The Kier molecular flexibility index (Phi) is 4.36. The molecule has 4 rings (SSSR count). The van der Waals surface area contributed by atoms with Crippen LogP contribution in [0.4, 0.5) is 11.6 Å². The molecule has 4 heterocycles. The number of anilines is 2. The molecule has 0 bridgehead atoms. The maximum absolute atomic E-state index is 12.5. The molecule has 0 radical (unpaired) electrons. The molecular weight excluding hydrogens is 334 g/mol. The first kappa shape index (κ1) is 16.3. The number of aromatic amines is 2. The molecule has 1 aliphatic heterocycles. The van der Waals surface area contributed by atoms with Crippen LogP contribution in [0, 0.1) is 6.92 Å². The van der Waals surface area contributed by atoms with E-state index in [1.54, 1.807) is 17.2 Å². The number of hydrogen-bond donors (Lipinski definition) is 3. The van der Waals surface area contributed by atoms with Crippen LogP contribution in [0.25, 0.3) is 0 Å². The van der Waals surface area contributed by atoms with Gasteiger partial charge in [0.2, 0.25) is 0 Å². The van der Waals surface area contributed by atoms with Gasteiger partial charge in [-0.25, -0.2) is 4.98 Å². The summed E-state index contributed by atoms with van der Waals surface area (Å²) in [6, 6.07) is 9.24. The summed E-state index contributed by atoms with van der Waals surface area (Å²) in [6.45, 7) is 3.38. The number of nitrogens with zero attached hydrogens (tertiary/aromatic N) is 4. The molecule has 26 heavy (non-hydrogen) atoms. The lowest BCUT2D eigenvalue weighted by molar-refractivity contribution is -0.0248. The van der Waals surface area contributed by atoms with Crippen molar-refractivity contribution in [1.29, 1.82) is 0 Å². The third kappa shape index (κ3) is 3.42. The van der Waals surface area contributed by atoms with Gasteiger partial charge in [0.1, 0.15) is 17.6 Å². The average molecular weight is 353 g/mol. The Labute approximate surface area is 149 Å². The van der Waals surface area contributed by atoms with Crippen LogP contribution in [-0.2, 0) is 4.74 Å². The Morgan fingerprint density at radius 1 is 1.31 bits per heavy atom. The molecule has 1 amide bonds. The first-order chi connectivity index (χ1) is 12.7. The number of amides is 1. The van der Waals surface area contributed by atoms with Crippen LogP contribution < -0.4 is 5.32 Å². The van der Waals surface area contributed by atoms with E-state index in [1.165, 1.54) is 0 Å². The molecule has 9 heteroatoms. The van der Waals surface area contributed by atoms with E-state index in [-0.39, 0.29) is 12.0 Å². The monoisotopic (exact) mass is 353 g/mol. The van der Waals surface area contributed by atoms with Gasteiger partial charge < -0.3 is 15.0 Å². The predicted octanol–water partition coefficient (Wildman–Crippen LogP) is 1.79. The molecule has 134 valence electrons. The van der Waals surface area contributed by atoms with Crippen molar-refractivity contribution in [2.45, 2.75) is 13.0 Å². The second-order valence-electron chi connectivity index (χ2n) is 6.09. The van der Waals surface area contributed by atoms with Crippen LogP contribution in [0.5, 0.6) is 0 Å². The number of aryl methyl sites for hydroxylation is 1. The van der Waals surface area contributed by atoms with Gasteiger partial charge in [-0.05, 0) is 25.1 Å². The maximum Gasteiger partial charge on any atom is 0.272 e. The van der Waals surface area contributed by atoms with E-state index in [1.807, 2.05) is 31.2 Å². The fraction of sp³-hybridized carbons (Fsp3) is 0.294. The summed E-state index contributed by atoms with van der Waals surface area (Å²) in [5.41, 5.74) is 2.21. The molecule has 1 atom stereocenters. The van der Waals surface area contributed by atoms with E-state index in [2.05, 4.69) is 30.7 Å². The van der Waals surface area contributed by atoms with Gasteiger partial charge in [0.25, 0.3) is 5.91 Å². The zero-order valence-corrected chi connectivity index (χ0v) is 14.3. The van der Waals surface area contributed by atoms with Gasteiger partial charge in [-0.3, -0.25) is 15.0 Å². The summed E-state index contributed by atoms with van der Waals surface area (Å²) in [6.07, 6.45) is 1.29. The van der Waals surface area contributed by atoms with Gasteiger partial charge in [-0.15, -0.1) is 0 Å². The lowest BCUT2D eigenvalue weighted by Gasteiger charge is -2.32. The van der Waals surface area contributed by atoms with E-state index in [0.29, 0.717) is 37.0 Å². The van der Waals surface area contributed by atoms with Crippen molar-refractivity contribution in [3.63, 3.8) is 0 Å². The summed E-state index contributed by atoms with van der Waals surface area (Å²) in [5.74, 6) is 1.29. The van der Waals surface area contributed by atoms with E-state index in [9.17, 15) is 4.79 Å². The maximum atomic E-state index is 12.5. The van der Waals surface area contributed by atoms with E-state index < -0.39 is 0 Å². The second-order valence-corrected chi connectivity index (χ2v) is 6.09. The number of rotatable bonds is 4. The fourth-order valence-electron chi connectivity index (χ4n) is 2.87. The number of ether oxygens (including phenoxy) is 1. The number of pyridine rings is 1. The zero-order chi connectivity index (χ0) is 17.9. The Morgan fingerprint density at radius 2 is 2.23 bits per heavy atom. The van der Waals surface area contributed by atoms with Crippen molar-refractivity contribution >= 4 is 17.5 Å². The van der Waals surface area contributed by atoms with Crippen LogP contribution in [0.1, 0.15) is 28.0 Å². The SMILES string of the molecule is Cc1cc(Nc2cccc([C@H]3CN(C(=O)c4ccn[nH]4)CCO3)n2)n[nH]1. The molecule has 1 aliphatic rings. The molecule has 1 saturated heterocycles. The number of carbonyl (C=O) groups is 1. The highest BCUT2D eigenvalue weighted by molar-refractivity contribution is 5.92. The van der Waals surface area contributed by atoms with Crippen molar-refractivity contribution in [1.82, 2.24) is 30.3 Å². The smallest absolute Gasteiger partial charge is 0.272 e. The molecule has 3 aromatic rings. The highest BCUT2D eigenvalue weighted by Crippen LogP contribution is 2.23. The van der Waals surface area contributed by atoms with Crippen LogP contribution in [0.3, 0.4) is 0 Å². The van der Waals surface area contributed by atoms with Crippen LogP contribution in [0.2, 0.25) is 0 Å². The third-order valence-electron chi connectivity index (χ3n) is 4.15. The minimum atomic E-state index is -0.279. The molecular formula is C17H19N7O2. The number of morpholine rings is 1. The van der Waals surface area contributed by atoms with Crippen molar-refractivity contribution in [2.24, 2.45) is 0 Å². The van der Waals surface area contributed by atoms with Gasteiger partial charge in [0, 0.05) is 24.5 Å². The van der Waals surface area contributed by atoms with Crippen LogP contribution in [0.15, 0.2) is 36.5 Å². The molecule has 1 fully saturated rings. The number of carbonyl (C=O) groups excluding carboxylic acids is 1. The first-order valence-electron chi connectivity index (χ1n) is 8.35. The van der Waals surface area contributed by atoms with Crippen molar-refractivity contribution in [3.05, 3.63) is 53.6 Å². The van der Waals surface area contributed by atoms with Crippen LogP contribution >= 0.6 is 0 Å². The van der Waals surface area contributed by atoms with E-state index in [0.717, 1.165) is 11.4 Å². The standard InChI is InChI=1S/C17H19N7O2/c1-11-9-16(23-21-11)20-15-4-2-3-12(19-15)14-10-24(7-8-26-14)17(25)13-5-6-18-22-13/h2-6,9,14H,7-8,10H2,1H3,(H,18,22)(H2,19,20,21,23)/t14-/m1/s1.